The van der Waals surface area contributed by atoms with Crippen molar-refractivity contribution in [1.29, 1.82) is 0 Å². The monoisotopic (exact) mass is 776 g/mol. The van der Waals surface area contributed by atoms with Gasteiger partial charge in [0.15, 0.2) is 0 Å². The second-order valence-electron chi connectivity index (χ2n) is 18.0. The molecular weight excluding hydrogens is 733 g/mol. The van der Waals surface area contributed by atoms with Gasteiger partial charge < -0.3 is 9.13 Å². The van der Waals surface area contributed by atoms with Gasteiger partial charge in [-0.25, -0.2) is 0 Å². The summed E-state index contributed by atoms with van der Waals surface area (Å²) in [6.07, 6.45) is 2.43. The highest BCUT2D eigenvalue weighted by atomic mass is 32.1. The van der Waals surface area contributed by atoms with Crippen LogP contribution in [0.5, 0.6) is 0 Å². The Morgan fingerprint density at radius 2 is 0.915 bits per heavy atom. The predicted molar refractivity (Wildman–Crippen MR) is 254 cm³/mol. The molecule has 0 aliphatic heterocycles. The van der Waals surface area contributed by atoms with Crippen molar-refractivity contribution in [3.63, 3.8) is 0 Å². The van der Waals surface area contributed by atoms with Crippen LogP contribution in [0.1, 0.15) is 51.7 Å². The van der Waals surface area contributed by atoms with E-state index in [9.17, 15) is 0 Å². The molecule has 284 valence electrons. The normalized spacial score (nSPS) is 14.9. The van der Waals surface area contributed by atoms with Crippen molar-refractivity contribution in [3.05, 3.63) is 181 Å². The summed E-state index contributed by atoms with van der Waals surface area (Å²) in [7, 11) is 0. The van der Waals surface area contributed by atoms with E-state index in [-0.39, 0.29) is 10.8 Å². The maximum Gasteiger partial charge on any atom is 0.0555 e. The topological polar surface area (TPSA) is 9.86 Å². The van der Waals surface area contributed by atoms with Crippen molar-refractivity contribution < 1.29 is 0 Å². The zero-order valence-electron chi connectivity index (χ0n) is 33.9. The van der Waals surface area contributed by atoms with Gasteiger partial charge in [-0.3, -0.25) is 0 Å². The molecule has 12 rings (SSSR count). The van der Waals surface area contributed by atoms with Gasteiger partial charge in [0, 0.05) is 47.4 Å². The highest BCUT2D eigenvalue weighted by Gasteiger charge is 2.37. The minimum absolute atomic E-state index is 0.165. The Labute approximate surface area is 348 Å². The number of hydrogen-bond acceptors (Lipinski definition) is 1. The summed E-state index contributed by atoms with van der Waals surface area (Å²) in [5, 5.41) is 7.70. The minimum Gasteiger partial charge on any atom is -0.309 e. The van der Waals surface area contributed by atoms with E-state index in [2.05, 4.69) is 207 Å². The number of fused-ring (bicyclic) bond motifs is 10. The third-order valence-corrected chi connectivity index (χ3v) is 14.7. The van der Waals surface area contributed by atoms with Gasteiger partial charge in [0.1, 0.15) is 0 Å². The van der Waals surface area contributed by atoms with Crippen LogP contribution in [0.3, 0.4) is 0 Å². The Balaban J connectivity index is 0.993. The maximum atomic E-state index is 2.48. The molecule has 0 bridgehead atoms. The Morgan fingerprint density at radius 3 is 1.64 bits per heavy atom. The first-order chi connectivity index (χ1) is 28.7. The Bertz CT molecular complexity index is 3510. The van der Waals surface area contributed by atoms with Crippen LogP contribution in [-0.2, 0) is 10.8 Å². The van der Waals surface area contributed by atoms with Crippen LogP contribution < -0.4 is 0 Å². The molecule has 1 aliphatic rings. The Morgan fingerprint density at radius 1 is 0.390 bits per heavy atom. The van der Waals surface area contributed by atoms with E-state index >= 15 is 0 Å². The number of hydrogen-bond donors (Lipinski definition) is 0. The Kier molecular flexibility index (Phi) is 7.36. The molecule has 3 heterocycles. The van der Waals surface area contributed by atoms with Crippen LogP contribution in [-0.4, -0.2) is 9.13 Å². The van der Waals surface area contributed by atoms with Crippen molar-refractivity contribution in [2.24, 2.45) is 0 Å². The zero-order valence-corrected chi connectivity index (χ0v) is 34.7. The fourth-order valence-electron chi connectivity index (χ4n) is 10.4. The van der Waals surface area contributed by atoms with Crippen LogP contribution in [0.4, 0.5) is 0 Å². The third-order valence-electron chi connectivity index (χ3n) is 13.6. The van der Waals surface area contributed by atoms with E-state index in [4.69, 9.17) is 0 Å². The van der Waals surface area contributed by atoms with Crippen LogP contribution in [0, 0.1) is 0 Å². The zero-order chi connectivity index (χ0) is 39.6. The third kappa shape index (κ3) is 5.17. The van der Waals surface area contributed by atoms with Crippen molar-refractivity contribution >= 4 is 75.1 Å². The van der Waals surface area contributed by atoms with Gasteiger partial charge in [0.05, 0.1) is 27.8 Å². The molecule has 0 spiro atoms. The number of aromatic nitrogens is 2. The summed E-state index contributed by atoms with van der Waals surface area (Å²) in [4.78, 5) is 0. The Hall–Kier alpha value is -6.42. The second-order valence-corrected chi connectivity index (χ2v) is 19.1. The first-order valence-corrected chi connectivity index (χ1v) is 21.8. The quantitative estimate of drug-likeness (QED) is 0.168. The van der Waals surface area contributed by atoms with E-state index in [1.54, 1.807) is 0 Å². The summed E-state index contributed by atoms with van der Waals surface area (Å²) < 4.78 is 7.57. The number of thiophene rings is 1. The number of benzene rings is 8. The largest absolute Gasteiger partial charge is 0.309 e. The first kappa shape index (κ1) is 34.6. The fraction of sp³-hybridized carbons (Fsp3) is 0.143. The smallest absolute Gasteiger partial charge is 0.0555 e. The molecule has 3 heteroatoms. The average molecular weight is 777 g/mol. The molecule has 0 amide bonds. The molecule has 11 aromatic rings. The van der Waals surface area contributed by atoms with Crippen LogP contribution in [0.2, 0.25) is 0 Å². The molecular formula is C56H44N2S. The molecule has 0 saturated carbocycles. The van der Waals surface area contributed by atoms with Crippen molar-refractivity contribution in [2.45, 2.75) is 51.4 Å². The van der Waals surface area contributed by atoms with Gasteiger partial charge in [-0.2, -0.15) is 0 Å². The summed E-state index contributed by atoms with van der Waals surface area (Å²) in [6.45, 7) is 9.64. The predicted octanol–water partition coefficient (Wildman–Crippen LogP) is 15.9. The van der Waals surface area contributed by atoms with E-state index in [1.165, 1.54) is 121 Å². The van der Waals surface area contributed by atoms with Crippen LogP contribution in [0.15, 0.2) is 170 Å². The highest BCUT2D eigenvalue weighted by molar-refractivity contribution is 7.25. The lowest BCUT2D eigenvalue weighted by Gasteiger charge is -2.42. The summed E-state index contributed by atoms with van der Waals surface area (Å²) >= 11 is 1.87. The fourth-order valence-corrected chi connectivity index (χ4v) is 11.5. The molecule has 0 radical (unpaired) electrons. The van der Waals surface area contributed by atoms with E-state index in [1.807, 2.05) is 11.3 Å². The lowest BCUT2D eigenvalue weighted by atomic mass is 9.63. The van der Waals surface area contributed by atoms with Crippen LogP contribution in [0.25, 0.3) is 97.4 Å². The molecule has 59 heavy (non-hydrogen) atoms. The highest BCUT2D eigenvalue weighted by Crippen LogP contribution is 2.47. The van der Waals surface area contributed by atoms with Crippen LogP contribution >= 0.6 is 11.3 Å². The lowest BCUT2D eigenvalue weighted by Crippen LogP contribution is -2.33. The molecule has 3 aromatic heterocycles. The van der Waals surface area contributed by atoms with Gasteiger partial charge in [-0.05, 0) is 124 Å². The maximum absolute atomic E-state index is 2.48. The lowest BCUT2D eigenvalue weighted by molar-refractivity contribution is 0.332. The number of para-hydroxylation sites is 2. The molecule has 8 aromatic carbocycles. The van der Waals surface area contributed by atoms with Gasteiger partial charge in [0.2, 0.25) is 0 Å². The summed E-state index contributed by atoms with van der Waals surface area (Å²) in [6, 6.07) is 63.8. The average Bonchev–Trinajstić information content (AvgIpc) is 3.93. The molecule has 0 fully saturated rings. The molecule has 0 atom stereocenters. The van der Waals surface area contributed by atoms with E-state index in [0.29, 0.717) is 0 Å². The van der Waals surface area contributed by atoms with Gasteiger partial charge in [0.25, 0.3) is 0 Å². The molecule has 0 saturated heterocycles. The molecule has 2 nitrogen and oxygen atoms in total. The molecule has 0 unspecified atom stereocenters. The van der Waals surface area contributed by atoms with Crippen molar-refractivity contribution in [3.8, 4) is 33.6 Å². The summed E-state index contributed by atoms with van der Waals surface area (Å²) in [5.74, 6) is 0. The van der Waals surface area contributed by atoms with Gasteiger partial charge in [-0.15, -0.1) is 11.3 Å². The van der Waals surface area contributed by atoms with E-state index < -0.39 is 0 Å². The molecule has 1 aliphatic carbocycles. The minimum atomic E-state index is 0.165. The SMILES string of the molecule is CC1(C)CCC(C)(C)c2cc(-c3cccc(-n4c5ccccc5c5cc(-c6ccc7c(c6)c6ccccc6n7-c6cccc7sc8ccccc8c67)ccc54)c3)ccc21. The molecule has 0 N–H and O–H groups in total. The first-order valence-electron chi connectivity index (χ1n) is 21.0. The number of rotatable bonds is 4. The van der Waals surface area contributed by atoms with Gasteiger partial charge >= 0.3 is 0 Å². The van der Waals surface area contributed by atoms with E-state index in [0.717, 1.165) is 0 Å². The van der Waals surface area contributed by atoms with Crippen molar-refractivity contribution in [2.75, 3.05) is 0 Å². The van der Waals surface area contributed by atoms with Crippen molar-refractivity contribution in [1.82, 2.24) is 9.13 Å². The number of nitrogens with zero attached hydrogens (tertiary/aromatic N) is 2. The standard InChI is InChI=1S/C56H44N2S/c1-55(2)29-30-56(3,4)46-34-38(23-26-45(46)55)35-13-11-14-39(31-35)57-47-18-8-5-15-40(47)43-32-36(24-27-49(43)57)37-25-28-50-44(33-37)41-16-6-9-19-48(41)58(50)51-20-12-22-53-54(51)42-17-7-10-21-52(42)59-53/h5-28,31-34H,29-30H2,1-4H3. The van der Waals surface area contributed by atoms with Gasteiger partial charge in [-0.1, -0.05) is 131 Å². The summed E-state index contributed by atoms with van der Waals surface area (Å²) in [5.41, 5.74) is 15.7. The second kappa shape index (κ2) is 12.5.